The van der Waals surface area contributed by atoms with E-state index >= 15 is 0 Å². The van der Waals surface area contributed by atoms with E-state index in [4.69, 9.17) is 0 Å². The molecule has 0 N–H and O–H groups in total. The third kappa shape index (κ3) is 2.64. The Bertz CT molecular complexity index is 574. The largest absolute Gasteiger partial charge is 0.247 e. The molecule has 17 heavy (non-hydrogen) atoms. The summed E-state index contributed by atoms with van der Waals surface area (Å²) in [4.78, 5) is 0. The van der Waals surface area contributed by atoms with Crippen molar-refractivity contribution in [2.75, 3.05) is 0 Å². The van der Waals surface area contributed by atoms with Crippen LogP contribution in [0.1, 0.15) is 32.3 Å². The molecule has 0 aliphatic carbocycles. The van der Waals surface area contributed by atoms with Crippen molar-refractivity contribution in [3.8, 4) is 0 Å². The van der Waals surface area contributed by atoms with Crippen LogP contribution in [0.4, 0.5) is 0 Å². The Hall–Kier alpha value is -1.83. The molecule has 0 spiro atoms. The standard InChI is InChI=1S/C15H18N2/c1-11(2)7-8-17-10-14-6-5-13(12(3)4)9-15(14)16-17/h5-10,12H,1H2,2-4H3/b8-7+. The highest BCUT2D eigenvalue weighted by atomic mass is 15.3. The van der Waals surface area contributed by atoms with Crippen LogP contribution in [0.15, 0.2) is 42.6 Å². The van der Waals surface area contributed by atoms with Crippen LogP contribution in [0.25, 0.3) is 17.1 Å². The van der Waals surface area contributed by atoms with Crippen LogP contribution in [0.5, 0.6) is 0 Å². The van der Waals surface area contributed by atoms with Crippen molar-refractivity contribution in [3.63, 3.8) is 0 Å². The molecule has 2 rings (SSSR count). The van der Waals surface area contributed by atoms with E-state index in [1.807, 2.05) is 30.1 Å². The maximum atomic E-state index is 4.52. The normalized spacial score (nSPS) is 11.8. The van der Waals surface area contributed by atoms with Gasteiger partial charge in [0.2, 0.25) is 0 Å². The summed E-state index contributed by atoms with van der Waals surface area (Å²) in [6.45, 7) is 10.2. The predicted molar refractivity (Wildman–Crippen MR) is 74.0 cm³/mol. The predicted octanol–water partition coefficient (Wildman–Crippen LogP) is 4.21. The quantitative estimate of drug-likeness (QED) is 0.717. The molecule has 0 aliphatic heterocycles. The second-order valence-electron chi connectivity index (χ2n) is 4.74. The Balaban J connectivity index is 2.40. The van der Waals surface area contributed by atoms with Gasteiger partial charge in [-0.3, -0.25) is 0 Å². The zero-order valence-electron chi connectivity index (χ0n) is 10.6. The van der Waals surface area contributed by atoms with Gasteiger partial charge in [-0.05, 0) is 30.5 Å². The SMILES string of the molecule is C=C(C)/C=C/n1cc2ccc(C(C)C)cc2n1. The van der Waals surface area contributed by atoms with Crippen LogP contribution in [-0.2, 0) is 0 Å². The number of benzene rings is 1. The van der Waals surface area contributed by atoms with Gasteiger partial charge in [0.05, 0.1) is 5.52 Å². The molecule has 0 amide bonds. The maximum Gasteiger partial charge on any atom is 0.0930 e. The van der Waals surface area contributed by atoms with Crippen molar-refractivity contribution in [2.24, 2.45) is 0 Å². The van der Waals surface area contributed by atoms with Crippen LogP contribution in [0.3, 0.4) is 0 Å². The van der Waals surface area contributed by atoms with Gasteiger partial charge in [0.1, 0.15) is 0 Å². The van der Waals surface area contributed by atoms with Crippen molar-refractivity contribution >= 4 is 17.1 Å². The molecule has 2 heteroatoms. The Labute approximate surface area is 102 Å². The molecule has 0 atom stereocenters. The Morgan fingerprint density at radius 1 is 1.41 bits per heavy atom. The summed E-state index contributed by atoms with van der Waals surface area (Å²) in [7, 11) is 0. The highest BCUT2D eigenvalue weighted by Crippen LogP contribution is 2.20. The van der Waals surface area contributed by atoms with Crippen LogP contribution < -0.4 is 0 Å². The second-order valence-corrected chi connectivity index (χ2v) is 4.74. The van der Waals surface area contributed by atoms with Crippen molar-refractivity contribution in [2.45, 2.75) is 26.7 Å². The van der Waals surface area contributed by atoms with E-state index in [0.29, 0.717) is 5.92 Å². The fourth-order valence-corrected chi connectivity index (χ4v) is 1.69. The molecule has 0 bridgehead atoms. The molecule has 0 unspecified atom stereocenters. The highest BCUT2D eigenvalue weighted by molar-refractivity contribution is 5.79. The van der Waals surface area contributed by atoms with Gasteiger partial charge in [-0.25, -0.2) is 4.68 Å². The lowest BCUT2D eigenvalue weighted by Crippen LogP contribution is -1.87. The number of fused-ring (bicyclic) bond motifs is 1. The van der Waals surface area contributed by atoms with E-state index in [0.717, 1.165) is 11.1 Å². The molecule has 0 radical (unpaired) electrons. The molecule has 0 fully saturated rings. The van der Waals surface area contributed by atoms with Crippen molar-refractivity contribution < 1.29 is 0 Å². The summed E-state index contributed by atoms with van der Waals surface area (Å²) in [6.07, 6.45) is 5.91. The van der Waals surface area contributed by atoms with Gasteiger partial charge in [-0.2, -0.15) is 5.10 Å². The lowest BCUT2D eigenvalue weighted by Gasteiger charge is -2.03. The highest BCUT2D eigenvalue weighted by Gasteiger charge is 2.03. The minimum atomic E-state index is 0.538. The van der Waals surface area contributed by atoms with E-state index in [9.17, 15) is 0 Å². The van der Waals surface area contributed by atoms with E-state index in [1.165, 1.54) is 10.9 Å². The molecule has 88 valence electrons. The minimum absolute atomic E-state index is 0.538. The summed E-state index contributed by atoms with van der Waals surface area (Å²) < 4.78 is 1.84. The van der Waals surface area contributed by atoms with E-state index in [1.54, 1.807) is 0 Å². The summed E-state index contributed by atoms with van der Waals surface area (Å²) in [6, 6.07) is 6.45. The summed E-state index contributed by atoms with van der Waals surface area (Å²) in [5, 5.41) is 5.68. The summed E-state index contributed by atoms with van der Waals surface area (Å²) in [5.41, 5.74) is 3.39. The summed E-state index contributed by atoms with van der Waals surface area (Å²) >= 11 is 0. The van der Waals surface area contributed by atoms with Crippen molar-refractivity contribution in [1.29, 1.82) is 0 Å². The van der Waals surface area contributed by atoms with Crippen LogP contribution in [0.2, 0.25) is 0 Å². The lowest BCUT2D eigenvalue weighted by atomic mass is 10.0. The third-order valence-corrected chi connectivity index (χ3v) is 2.73. The monoisotopic (exact) mass is 226 g/mol. The van der Waals surface area contributed by atoms with Crippen molar-refractivity contribution in [1.82, 2.24) is 9.78 Å². The van der Waals surface area contributed by atoms with Gasteiger partial charge in [0, 0.05) is 17.8 Å². The topological polar surface area (TPSA) is 17.8 Å². The average Bonchev–Trinajstić information content (AvgIpc) is 2.67. The molecule has 2 nitrogen and oxygen atoms in total. The minimum Gasteiger partial charge on any atom is -0.247 e. The molecule has 1 heterocycles. The smallest absolute Gasteiger partial charge is 0.0930 e. The summed E-state index contributed by atoms with van der Waals surface area (Å²) in [5.74, 6) is 0.538. The van der Waals surface area contributed by atoms with Crippen LogP contribution >= 0.6 is 0 Å². The molecule has 1 aromatic heterocycles. The Kier molecular flexibility index (Phi) is 3.14. The molecule has 2 aromatic rings. The third-order valence-electron chi connectivity index (χ3n) is 2.73. The second kappa shape index (κ2) is 4.58. The van der Waals surface area contributed by atoms with Gasteiger partial charge in [-0.1, -0.05) is 38.1 Å². The number of nitrogens with zero attached hydrogens (tertiary/aromatic N) is 2. The van der Waals surface area contributed by atoms with Crippen LogP contribution in [-0.4, -0.2) is 9.78 Å². The molecular formula is C15H18N2. The number of aromatic nitrogens is 2. The number of allylic oxidation sites excluding steroid dienone is 2. The number of hydrogen-bond donors (Lipinski definition) is 0. The molecule has 1 aromatic carbocycles. The number of rotatable bonds is 3. The zero-order valence-corrected chi connectivity index (χ0v) is 10.6. The van der Waals surface area contributed by atoms with Crippen LogP contribution in [0, 0.1) is 0 Å². The van der Waals surface area contributed by atoms with Gasteiger partial charge >= 0.3 is 0 Å². The first-order valence-corrected chi connectivity index (χ1v) is 5.89. The lowest BCUT2D eigenvalue weighted by molar-refractivity contribution is 0.867. The molecule has 0 aliphatic rings. The fraction of sp³-hybridized carbons (Fsp3) is 0.267. The number of hydrogen-bond acceptors (Lipinski definition) is 1. The van der Waals surface area contributed by atoms with Gasteiger partial charge in [0.25, 0.3) is 0 Å². The fourth-order valence-electron chi connectivity index (χ4n) is 1.69. The van der Waals surface area contributed by atoms with Gasteiger partial charge < -0.3 is 0 Å². The first-order valence-electron chi connectivity index (χ1n) is 5.89. The van der Waals surface area contributed by atoms with E-state index < -0.39 is 0 Å². The first kappa shape index (κ1) is 11.6. The Morgan fingerprint density at radius 3 is 2.82 bits per heavy atom. The van der Waals surface area contributed by atoms with Crippen molar-refractivity contribution in [3.05, 3.63) is 48.2 Å². The van der Waals surface area contributed by atoms with Gasteiger partial charge in [-0.15, -0.1) is 0 Å². The average molecular weight is 226 g/mol. The molecule has 0 saturated carbocycles. The van der Waals surface area contributed by atoms with E-state index in [2.05, 4.69) is 43.7 Å². The zero-order chi connectivity index (χ0) is 12.4. The molecular weight excluding hydrogens is 208 g/mol. The van der Waals surface area contributed by atoms with E-state index in [-0.39, 0.29) is 0 Å². The van der Waals surface area contributed by atoms with Gasteiger partial charge in [0.15, 0.2) is 0 Å². The maximum absolute atomic E-state index is 4.52. The Morgan fingerprint density at radius 2 is 2.18 bits per heavy atom. The molecule has 0 saturated heterocycles. The first-order chi connectivity index (χ1) is 8.06.